The van der Waals surface area contributed by atoms with Crippen molar-refractivity contribution in [3.05, 3.63) is 71.8 Å². The third-order valence-corrected chi connectivity index (χ3v) is 5.27. The van der Waals surface area contributed by atoms with E-state index in [1.165, 1.54) is 0 Å². The van der Waals surface area contributed by atoms with Crippen molar-refractivity contribution >= 4 is 69.5 Å². The van der Waals surface area contributed by atoms with Gasteiger partial charge in [-0.1, -0.05) is 124 Å². The summed E-state index contributed by atoms with van der Waals surface area (Å²) in [5, 5.41) is 0. The molecule has 1 nitrogen and oxygen atoms in total. The van der Waals surface area contributed by atoms with E-state index in [1.807, 2.05) is 60.7 Å². The van der Waals surface area contributed by atoms with E-state index in [-0.39, 0.29) is 5.78 Å². The van der Waals surface area contributed by atoms with Crippen LogP contribution in [-0.2, 0) is 9.12 Å². The predicted molar refractivity (Wildman–Crippen MR) is 97.1 cm³/mol. The average molecular weight is 526 g/mol. The molecule has 0 aliphatic carbocycles. The molecule has 0 unspecified atom stereocenters. The molecule has 0 N–H and O–H groups in total. The van der Waals surface area contributed by atoms with Crippen LogP contribution in [0, 0.1) is 0 Å². The smallest absolute Gasteiger partial charge is 0.196 e. The first kappa shape index (κ1) is 16.4. The number of halogens is 4. The lowest BCUT2D eigenvalue weighted by atomic mass is 9.88. The molecule has 0 aromatic heterocycles. The number of hydrogen-bond acceptors (Lipinski definition) is 1. The zero-order valence-electron chi connectivity index (χ0n) is 10.2. The van der Waals surface area contributed by atoms with E-state index < -0.39 is 6.47 Å². The van der Waals surface area contributed by atoms with Gasteiger partial charge in [0.05, 0.1) is 0 Å². The maximum atomic E-state index is 12.9. The maximum absolute atomic E-state index is 12.9. The van der Waals surface area contributed by atoms with Gasteiger partial charge in [-0.3, -0.25) is 4.79 Å². The van der Waals surface area contributed by atoms with Crippen LogP contribution in [0.15, 0.2) is 60.7 Å². The average Bonchev–Trinajstić information content (AvgIpc) is 2.46. The minimum atomic E-state index is -0.998. The van der Waals surface area contributed by atoms with Crippen LogP contribution in [0.25, 0.3) is 0 Å². The van der Waals surface area contributed by atoms with Crippen molar-refractivity contribution in [2.75, 3.05) is 0 Å². The summed E-state index contributed by atoms with van der Waals surface area (Å²) in [6, 6.07) is 19.2. The molecule has 0 bridgehead atoms. The lowest BCUT2D eigenvalue weighted by Crippen LogP contribution is -2.38. The van der Waals surface area contributed by atoms with E-state index >= 15 is 0 Å². The number of benzene rings is 2. The van der Waals surface area contributed by atoms with Gasteiger partial charge in [-0.15, -0.1) is 0 Å². The second kappa shape index (κ2) is 6.42. The SMILES string of the molecule is O=C(C(Br)(Br)Br)C(Br)(c1ccccc1)c1ccccc1. The van der Waals surface area contributed by atoms with E-state index in [1.54, 1.807) is 0 Å². The third kappa shape index (κ3) is 3.26. The molecule has 2 aromatic rings. The predicted octanol–water partition coefficient (Wildman–Crippen LogP) is 5.73. The van der Waals surface area contributed by atoms with Crippen LogP contribution in [0.1, 0.15) is 11.1 Å². The third-order valence-electron chi connectivity index (χ3n) is 2.91. The standard InChI is InChI=1S/C15H10Br4O/c16-14(13(20)15(17,18)19,11-7-3-1-4-8-11)12-9-5-2-6-10-12/h1-10H. The van der Waals surface area contributed by atoms with Crippen molar-refractivity contribution in [2.24, 2.45) is 0 Å². The highest BCUT2D eigenvalue weighted by Crippen LogP contribution is 2.48. The van der Waals surface area contributed by atoms with Crippen molar-refractivity contribution in [3.8, 4) is 0 Å². The monoisotopic (exact) mass is 522 g/mol. The molecule has 0 spiro atoms. The number of hydrogen-bond donors (Lipinski definition) is 0. The molecule has 0 fully saturated rings. The van der Waals surface area contributed by atoms with Crippen LogP contribution in [0.4, 0.5) is 0 Å². The molecule has 0 aliphatic rings. The van der Waals surface area contributed by atoms with Crippen molar-refractivity contribution in [1.82, 2.24) is 0 Å². The fourth-order valence-corrected chi connectivity index (χ4v) is 4.48. The molecule has 0 saturated carbocycles. The Kier molecular flexibility index (Phi) is 5.27. The minimum Gasteiger partial charge on any atom is -0.294 e. The van der Waals surface area contributed by atoms with E-state index in [4.69, 9.17) is 0 Å². The number of ketones is 1. The van der Waals surface area contributed by atoms with Crippen molar-refractivity contribution < 1.29 is 4.79 Å². The summed E-state index contributed by atoms with van der Waals surface area (Å²) >= 11 is 13.6. The largest absolute Gasteiger partial charge is 0.294 e. The maximum Gasteiger partial charge on any atom is 0.196 e. The molecule has 104 valence electrons. The molecule has 0 aliphatic heterocycles. The molecule has 0 amide bonds. The molecule has 2 rings (SSSR count). The van der Waals surface area contributed by atoms with E-state index in [2.05, 4.69) is 63.7 Å². The first-order valence-electron chi connectivity index (χ1n) is 5.78. The Morgan fingerprint density at radius 1 is 0.700 bits per heavy atom. The van der Waals surface area contributed by atoms with Gasteiger partial charge in [-0.25, -0.2) is 0 Å². The highest BCUT2D eigenvalue weighted by atomic mass is 80.0. The van der Waals surface area contributed by atoms with Crippen LogP contribution >= 0.6 is 63.7 Å². The van der Waals surface area contributed by atoms with Gasteiger partial charge in [0.1, 0.15) is 4.32 Å². The second-order valence-electron chi connectivity index (χ2n) is 4.22. The molecule has 5 heteroatoms. The molecular weight excluding hydrogens is 516 g/mol. The number of carbonyl (C=O) groups is 1. The van der Waals surface area contributed by atoms with Gasteiger partial charge in [0, 0.05) is 0 Å². The molecule has 0 saturated heterocycles. The summed E-state index contributed by atoms with van der Waals surface area (Å²) in [5.74, 6) is -0.0950. The van der Waals surface area contributed by atoms with Gasteiger partial charge < -0.3 is 0 Å². The Bertz CT molecular complexity index is 551. The Labute approximate surface area is 151 Å². The molecule has 20 heavy (non-hydrogen) atoms. The quantitative estimate of drug-likeness (QED) is 0.468. The molecule has 0 radical (unpaired) electrons. The fraction of sp³-hybridized carbons (Fsp3) is 0.133. The summed E-state index contributed by atoms with van der Waals surface area (Å²) in [5.41, 5.74) is 1.75. The highest BCUT2D eigenvalue weighted by molar-refractivity contribution is 9.40. The molecular formula is C15H10Br4O. The normalized spacial score (nSPS) is 12.2. The molecule has 0 heterocycles. The van der Waals surface area contributed by atoms with Gasteiger partial charge in [0.15, 0.2) is 7.93 Å². The second-order valence-corrected chi connectivity index (χ2v) is 12.2. The van der Waals surface area contributed by atoms with Crippen molar-refractivity contribution in [3.63, 3.8) is 0 Å². The van der Waals surface area contributed by atoms with Crippen LogP contribution in [0.5, 0.6) is 0 Å². The number of carbonyl (C=O) groups excluding carboxylic acids is 1. The van der Waals surface area contributed by atoms with Crippen LogP contribution in [0.3, 0.4) is 0 Å². The molecule has 0 atom stereocenters. The van der Waals surface area contributed by atoms with Gasteiger partial charge in [-0.05, 0) is 11.1 Å². The van der Waals surface area contributed by atoms with E-state index in [0.29, 0.717) is 0 Å². The lowest BCUT2D eigenvalue weighted by Gasteiger charge is -2.30. The first-order valence-corrected chi connectivity index (χ1v) is 8.95. The van der Waals surface area contributed by atoms with Crippen molar-refractivity contribution in [2.45, 2.75) is 6.47 Å². The minimum absolute atomic E-state index is 0.0950. The zero-order chi connectivity index (χ0) is 14.8. The van der Waals surface area contributed by atoms with Crippen LogP contribution in [-0.4, -0.2) is 7.93 Å². The Hall–Kier alpha value is 0.0300. The van der Waals surface area contributed by atoms with E-state index in [0.717, 1.165) is 11.1 Å². The summed E-state index contributed by atoms with van der Waals surface area (Å²) in [6.07, 6.45) is 0. The fourth-order valence-electron chi connectivity index (χ4n) is 1.96. The summed E-state index contributed by atoms with van der Waals surface area (Å²) in [4.78, 5) is 12.9. The Morgan fingerprint density at radius 2 is 1.05 bits per heavy atom. The topological polar surface area (TPSA) is 17.1 Å². The zero-order valence-corrected chi connectivity index (χ0v) is 16.5. The number of rotatable bonds is 3. The van der Waals surface area contributed by atoms with Gasteiger partial charge in [0.2, 0.25) is 0 Å². The highest BCUT2D eigenvalue weighted by Gasteiger charge is 2.47. The Balaban J connectivity index is 2.65. The Morgan fingerprint density at radius 3 is 1.35 bits per heavy atom. The van der Waals surface area contributed by atoms with Crippen molar-refractivity contribution in [1.29, 1.82) is 0 Å². The van der Waals surface area contributed by atoms with Crippen LogP contribution in [0.2, 0.25) is 0 Å². The number of Topliss-reactive ketones (excluding diaryl/α,β-unsaturated/α-hetero) is 1. The van der Waals surface area contributed by atoms with E-state index in [9.17, 15) is 4.79 Å². The van der Waals surface area contributed by atoms with Gasteiger partial charge >= 0.3 is 0 Å². The van der Waals surface area contributed by atoms with Gasteiger partial charge in [0.25, 0.3) is 0 Å². The summed E-state index contributed by atoms with van der Waals surface area (Å²) < 4.78 is -1.94. The summed E-state index contributed by atoms with van der Waals surface area (Å²) in [7, 11) is 0. The summed E-state index contributed by atoms with van der Waals surface area (Å²) in [6.45, 7) is 0. The first-order chi connectivity index (χ1) is 9.37. The van der Waals surface area contributed by atoms with Gasteiger partial charge in [-0.2, -0.15) is 0 Å². The lowest BCUT2D eigenvalue weighted by molar-refractivity contribution is -0.118. The molecule has 2 aromatic carbocycles. The number of alkyl halides is 4. The van der Waals surface area contributed by atoms with Crippen LogP contribution < -0.4 is 0 Å².